The molecule has 11 heteroatoms. The average Bonchev–Trinajstić information content (AvgIpc) is 2.79. The van der Waals surface area contributed by atoms with Crippen molar-refractivity contribution in [1.82, 2.24) is 5.32 Å². The lowest BCUT2D eigenvalue weighted by atomic mass is 10.0. The second kappa shape index (κ2) is 5.09. The Morgan fingerprint density at radius 2 is 1.48 bits per heavy atom. The second-order valence-electron chi connectivity index (χ2n) is 4.31. The highest BCUT2D eigenvalue weighted by atomic mass is 19.4. The summed E-state index contributed by atoms with van der Waals surface area (Å²) in [5.41, 5.74) is 0. The molecule has 0 unspecified atom stereocenters. The Hall–Kier alpha value is -1.42. The first kappa shape index (κ1) is 17.6. The minimum Gasteiger partial charge on any atom is -0.344 e. The van der Waals surface area contributed by atoms with Gasteiger partial charge < -0.3 is 5.32 Å². The van der Waals surface area contributed by atoms with Gasteiger partial charge in [-0.2, -0.15) is 39.5 Å². The summed E-state index contributed by atoms with van der Waals surface area (Å²) in [4.78, 5) is 11.0. The summed E-state index contributed by atoms with van der Waals surface area (Å²) in [6.45, 7) is 0. The molecular weight excluding hydrogens is 321 g/mol. The molecule has 0 saturated carbocycles. The Balaban J connectivity index is 3.03. The van der Waals surface area contributed by atoms with Crippen molar-refractivity contribution in [2.24, 2.45) is 0 Å². The van der Waals surface area contributed by atoms with Crippen molar-refractivity contribution in [3.05, 3.63) is 12.2 Å². The van der Waals surface area contributed by atoms with E-state index in [1.807, 2.05) is 0 Å². The van der Waals surface area contributed by atoms with E-state index in [2.05, 4.69) is 0 Å². The highest BCUT2D eigenvalue weighted by Crippen LogP contribution is 2.53. The van der Waals surface area contributed by atoms with Gasteiger partial charge in [0.1, 0.15) is 0 Å². The average molecular weight is 329 g/mol. The van der Waals surface area contributed by atoms with Gasteiger partial charge in [-0.05, 0) is 12.8 Å². The zero-order chi connectivity index (χ0) is 16.7. The van der Waals surface area contributed by atoms with E-state index in [9.17, 15) is 44.3 Å². The summed E-state index contributed by atoms with van der Waals surface area (Å²) in [5.74, 6) is -23.1. The van der Waals surface area contributed by atoms with Crippen LogP contribution >= 0.6 is 0 Å². The molecule has 0 spiro atoms. The predicted octanol–water partition coefficient (Wildman–Crippen LogP) is 3.29. The number of nitrogens with one attached hydrogen (secondary N) is 1. The highest BCUT2D eigenvalue weighted by molar-refractivity contribution is 5.85. The Kier molecular flexibility index (Phi) is 4.28. The van der Waals surface area contributed by atoms with E-state index in [1.165, 1.54) is 11.4 Å². The third-order valence-electron chi connectivity index (χ3n) is 2.76. The normalized spacial score (nSPS) is 20.7. The van der Waals surface area contributed by atoms with Crippen molar-refractivity contribution in [3.63, 3.8) is 0 Å². The van der Waals surface area contributed by atoms with Crippen LogP contribution in [-0.4, -0.2) is 35.9 Å². The topological polar surface area (TPSA) is 29.1 Å². The van der Waals surface area contributed by atoms with Gasteiger partial charge in [0, 0.05) is 6.04 Å². The van der Waals surface area contributed by atoms with Crippen LogP contribution in [0.25, 0.3) is 0 Å². The van der Waals surface area contributed by atoms with E-state index in [0.717, 1.165) is 6.08 Å². The van der Waals surface area contributed by atoms with Gasteiger partial charge in [-0.15, -0.1) is 0 Å². The zero-order valence-corrected chi connectivity index (χ0v) is 9.96. The molecule has 2 nitrogen and oxygen atoms in total. The fourth-order valence-corrected chi connectivity index (χ4v) is 1.53. The van der Waals surface area contributed by atoms with E-state index in [-0.39, 0.29) is 6.42 Å². The van der Waals surface area contributed by atoms with Crippen molar-refractivity contribution in [2.75, 3.05) is 0 Å². The molecule has 0 aromatic carbocycles. The monoisotopic (exact) mass is 329 g/mol. The SMILES string of the molecule is O=C(N[C@@H]1C=CCC1)C(F)(F)C(F)(F)C(F)(F)C(F)(F)F. The maximum atomic E-state index is 13.1. The molecule has 0 saturated heterocycles. The molecular formula is C10H8F9NO. The molecule has 0 aromatic rings. The highest BCUT2D eigenvalue weighted by Gasteiger charge is 2.83. The molecule has 0 heterocycles. The minimum atomic E-state index is -7.06. The molecule has 1 rings (SSSR count). The fourth-order valence-electron chi connectivity index (χ4n) is 1.53. The lowest BCUT2D eigenvalue weighted by Gasteiger charge is -2.33. The van der Waals surface area contributed by atoms with Gasteiger partial charge in [0.15, 0.2) is 0 Å². The van der Waals surface area contributed by atoms with Gasteiger partial charge in [-0.25, -0.2) is 0 Å². The van der Waals surface area contributed by atoms with Crippen LogP contribution in [0.15, 0.2) is 12.2 Å². The lowest BCUT2D eigenvalue weighted by molar-refractivity contribution is -0.388. The van der Waals surface area contributed by atoms with Gasteiger partial charge >= 0.3 is 23.9 Å². The van der Waals surface area contributed by atoms with E-state index in [0.29, 0.717) is 6.42 Å². The van der Waals surface area contributed by atoms with Crippen LogP contribution in [0.2, 0.25) is 0 Å². The van der Waals surface area contributed by atoms with Crippen molar-refractivity contribution < 1.29 is 44.3 Å². The number of amides is 1. The molecule has 122 valence electrons. The molecule has 1 aliphatic rings. The van der Waals surface area contributed by atoms with Crippen LogP contribution in [0, 0.1) is 0 Å². The number of carbonyl (C=O) groups excluding carboxylic acids is 1. The predicted molar refractivity (Wildman–Crippen MR) is 51.2 cm³/mol. The van der Waals surface area contributed by atoms with Crippen LogP contribution in [-0.2, 0) is 4.79 Å². The number of allylic oxidation sites excluding steroid dienone is 1. The summed E-state index contributed by atoms with van der Waals surface area (Å²) in [5, 5.41) is 1.29. The molecule has 21 heavy (non-hydrogen) atoms. The zero-order valence-electron chi connectivity index (χ0n) is 9.96. The molecule has 0 aliphatic heterocycles. The number of rotatable bonds is 4. The van der Waals surface area contributed by atoms with Crippen molar-refractivity contribution >= 4 is 5.91 Å². The Morgan fingerprint density at radius 1 is 0.952 bits per heavy atom. The van der Waals surface area contributed by atoms with Crippen molar-refractivity contribution in [1.29, 1.82) is 0 Å². The molecule has 1 aliphatic carbocycles. The van der Waals surface area contributed by atoms with E-state index in [4.69, 9.17) is 0 Å². The van der Waals surface area contributed by atoms with Crippen LogP contribution in [0.4, 0.5) is 39.5 Å². The first-order valence-electron chi connectivity index (χ1n) is 5.43. The van der Waals surface area contributed by atoms with Crippen LogP contribution in [0.1, 0.15) is 12.8 Å². The fraction of sp³-hybridized carbons (Fsp3) is 0.700. The van der Waals surface area contributed by atoms with Crippen molar-refractivity contribution in [2.45, 2.75) is 42.8 Å². The molecule has 0 aromatic heterocycles. The largest absolute Gasteiger partial charge is 0.460 e. The Morgan fingerprint density at radius 3 is 1.86 bits per heavy atom. The first-order valence-corrected chi connectivity index (χ1v) is 5.43. The molecule has 0 radical (unpaired) electrons. The summed E-state index contributed by atoms with van der Waals surface area (Å²) in [7, 11) is 0. The number of carbonyl (C=O) groups is 1. The minimum absolute atomic E-state index is 0.0447. The molecule has 1 N–H and O–H groups in total. The first-order chi connectivity index (χ1) is 9.25. The summed E-state index contributed by atoms with van der Waals surface area (Å²) < 4.78 is 113. The van der Waals surface area contributed by atoms with Gasteiger partial charge in [0.25, 0.3) is 5.91 Å². The van der Waals surface area contributed by atoms with Crippen LogP contribution in [0.5, 0.6) is 0 Å². The molecule has 1 atom stereocenters. The Bertz CT molecular complexity index is 440. The number of halogens is 9. The lowest BCUT2D eigenvalue weighted by Crippen LogP contribution is -2.65. The van der Waals surface area contributed by atoms with Gasteiger partial charge in [0.2, 0.25) is 0 Å². The van der Waals surface area contributed by atoms with Crippen LogP contribution < -0.4 is 5.32 Å². The van der Waals surface area contributed by atoms with E-state index < -0.39 is 35.9 Å². The molecule has 0 fully saturated rings. The third kappa shape index (κ3) is 2.82. The number of hydrogen-bond acceptors (Lipinski definition) is 1. The molecule has 0 bridgehead atoms. The number of hydrogen-bond donors (Lipinski definition) is 1. The second-order valence-corrected chi connectivity index (χ2v) is 4.31. The van der Waals surface area contributed by atoms with Gasteiger partial charge in [-0.3, -0.25) is 4.79 Å². The maximum absolute atomic E-state index is 13.1. The van der Waals surface area contributed by atoms with Crippen LogP contribution in [0.3, 0.4) is 0 Å². The summed E-state index contributed by atoms with van der Waals surface area (Å²) in [6, 6.07) is -1.13. The summed E-state index contributed by atoms with van der Waals surface area (Å²) in [6.07, 6.45) is -4.05. The Labute approximate surface area is 112 Å². The standard InChI is InChI=1S/C10H8F9NO/c11-7(12,6(21)20-5-3-1-2-4-5)8(13,14)9(15,16)10(17,18)19/h1,3,5H,2,4H2,(H,20,21)/t5-/m1/s1. The number of alkyl halides is 9. The third-order valence-corrected chi connectivity index (χ3v) is 2.76. The van der Waals surface area contributed by atoms with Gasteiger partial charge in [-0.1, -0.05) is 12.2 Å². The van der Waals surface area contributed by atoms with E-state index >= 15 is 0 Å². The van der Waals surface area contributed by atoms with E-state index in [1.54, 1.807) is 0 Å². The maximum Gasteiger partial charge on any atom is 0.460 e. The van der Waals surface area contributed by atoms with Crippen molar-refractivity contribution in [3.8, 4) is 0 Å². The quantitative estimate of drug-likeness (QED) is 0.622. The summed E-state index contributed by atoms with van der Waals surface area (Å²) >= 11 is 0. The van der Waals surface area contributed by atoms with Gasteiger partial charge in [0.05, 0.1) is 0 Å². The molecule has 1 amide bonds. The smallest absolute Gasteiger partial charge is 0.344 e.